The number of rotatable bonds is 0. The van der Waals surface area contributed by atoms with Crippen LogP contribution in [-0.2, 0) is 0 Å². The topological polar surface area (TPSA) is 32.3 Å². The highest BCUT2D eigenvalue weighted by Crippen LogP contribution is 2.29. The van der Waals surface area contributed by atoms with Gasteiger partial charge < -0.3 is 10.4 Å². The molecule has 2 N–H and O–H groups in total. The zero-order chi connectivity index (χ0) is 9.10. The van der Waals surface area contributed by atoms with E-state index >= 15 is 0 Å². The fourth-order valence-corrected chi connectivity index (χ4v) is 1.47. The molecule has 0 amide bonds. The van der Waals surface area contributed by atoms with Gasteiger partial charge >= 0.3 is 0 Å². The summed E-state index contributed by atoms with van der Waals surface area (Å²) in [6.45, 7) is 1.97. The van der Waals surface area contributed by atoms with Crippen LogP contribution in [0.4, 0.5) is 0 Å². The van der Waals surface area contributed by atoms with E-state index in [9.17, 15) is 0 Å². The maximum Gasteiger partial charge on any atom is 0.0564 e. The van der Waals surface area contributed by atoms with Crippen molar-refractivity contribution in [3.05, 3.63) is 24.3 Å². The van der Waals surface area contributed by atoms with Gasteiger partial charge in [-0.15, -0.1) is 0 Å². The van der Waals surface area contributed by atoms with Crippen LogP contribution < -0.4 is 5.32 Å². The smallest absolute Gasteiger partial charge is 0.0564 e. The standard InChI is InChI=1S/C6H4.C5H11NO/c1-2-6-4-3-5(1)6;7-5-1-3-6-4-2-5/h1-4H;5-7H,1-4H2. The van der Waals surface area contributed by atoms with Crippen molar-refractivity contribution in [3.63, 3.8) is 0 Å². The fraction of sp³-hybridized carbons (Fsp3) is 0.455. The van der Waals surface area contributed by atoms with Gasteiger partial charge in [0, 0.05) is 0 Å². The summed E-state index contributed by atoms with van der Waals surface area (Å²) < 4.78 is 0. The summed E-state index contributed by atoms with van der Waals surface area (Å²) in [7, 11) is 0. The number of benzene rings is 1. The monoisotopic (exact) mass is 177 g/mol. The summed E-state index contributed by atoms with van der Waals surface area (Å²) in [6.07, 6.45) is 1.83. The number of aliphatic hydroxyl groups excluding tert-OH is 1. The average molecular weight is 177 g/mol. The molecule has 0 aromatic rings. The average Bonchev–Trinajstić information content (AvgIpc) is 2.14. The first-order chi connectivity index (χ1) is 6.36. The van der Waals surface area contributed by atoms with Crippen LogP contribution >= 0.6 is 0 Å². The van der Waals surface area contributed by atoms with Gasteiger partial charge in [0.1, 0.15) is 0 Å². The molecule has 0 aromatic heterocycles. The Bertz CT molecular complexity index is 241. The van der Waals surface area contributed by atoms with E-state index in [1.807, 2.05) is 0 Å². The minimum Gasteiger partial charge on any atom is -0.393 e. The van der Waals surface area contributed by atoms with Crippen LogP contribution in [0.5, 0.6) is 0 Å². The van der Waals surface area contributed by atoms with Crippen LogP contribution in [0.2, 0.25) is 0 Å². The molecule has 3 rings (SSSR count). The van der Waals surface area contributed by atoms with Crippen LogP contribution in [0.1, 0.15) is 12.8 Å². The van der Waals surface area contributed by atoms with Gasteiger partial charge in [-0.05, 0) is 37.1 Å². The lowest BCUT2D eigenvalue weighted by Crippen LogP contribution is -2.30. The lowest BCUT2D eigenvalue weighted by atomic mass is 9.95. The van der Waals surface area contributed by atoms with Crippen molar-refractivity contribution in [1.29, 1.82) is 0 Å². The molecule has 2 heteroatoms. The Morgan fingerprint density at radius 2 is 1.46 bits per heavy atom. The molecule has 3 aliphatic rings. The number of hydrogen-bond donors (Lipinski definition) is 2. The number of nitrogens with one attached hydrogen (secondary N) is 1. The Labute approximate surface area is 78.6 Å². The highest BCUT2D eigenvalue weighted by Gasteiger charge is 2.06. The molecule has 13 heavy (non-hydrogen) atoms. The molecule has 1 saturated heterocycles. The van der Waals surface area contributed by atoms with E-state index in [1.165, 1.54) is 11.1 Å². The maximum absolute atomic E-state index is 8.87. The first-order valence-electron chi connectivity index (χ1n) is 4.85. The molecule has 0 unspecified atom stereocenters. The first kappa shape index (κ1) is 8.73. The van der Waals surface area contributed by atoms with Gasteiger partial charge in [0.15, 0.2) is 0 Å². The minimum absolute atomic E-state index is 0.0266. The Morgan fingerprint density at radius 1 is 1.00 bits per heavy atom. The van der Waals surface area contributed by atoms with E-state index in [-0.39, 0.29) is 6.10 Å². The summed E-state index contributed by atoms with van der Waals surface area (Å²) in [4.78, 5) is 0. The Hall–Kier alpha value is -0.860. The second kappa shape index (κ2) is 3.90. The van der Waals surface area contributed by atoms with Gasteiger partial charge in [0.25, 0.3) is 0 Å². The van der Waals surface area contributed by atoms with E-state index in [2.05, 4.69) is 29.6 Å². The van der Waals surface area contributed by atoms with E-state index in [1.54, 1.807) is 0 Å². The molecule has 2 nitrogen and oxygen atoms in total. The van der Waals surface area contributed by atoms with Gasteiger partial charge in [-0.2, -0.15) is 0 Å². The predicted molar refractivity (Wildman–Crippen MR) is 53.5 cm³/mol. The fourth-order valence-electron chi connectivity index (χ4n) is 1.47. The number of piperidine rings is 1. The Kier molecular flexibility index (Phi) is 2.62. The quantitative estimate of drug-likeness (QED) is 0.637. The zero-order valence-corrected chi connectivity index (χ0v) is 7.66. The number of fused-ring (bicyclic) bond motifs is 1. The largest absolute Gasteiger partial charge is 0.393 e. The Morgan fingerprint density at radius 3 is 1.62 bits per heavy atom. The normalized spacial score (nSPS) is 18.8. The molecule has 2 aliphatic carbocycles. The van der Waals surface area contributed by atoms with Crippen molar-refractivity contribution in [2.45, 2.75) is 18.9 Å². The third kappa shape index (κ3) is 2.08. The van der Waals surface area contributed by atoms with Crippen molar-refractivity contribution >= 4 is 0 Å². The molecule has 0 spiro atoms. The molecule has 0 saturated carbocycles. The van der Waals surface area contributed by atoms with E-state index in [4.69, 9.17) is 5.11 Å². The summed E-state index contributed by atoms with van der Waals surface area (Å²) in [5.74, 6) is 0. The van der Waals surface area contributed by atoms with E-state index < -0.39 is 0 Å². The second-order valence-electron chi connectivity index (χ2n) is 3.56. The third-order valence-corrected chi connectivity index (χ3v) is 2.53. The predicted octanol–water partition coefficient (Wildman–Crippen LogP) is 1.40. The van der Waals surface area contributed by atoms with Gasteiger partial charge in [0.2, 0.25) is 0 Å². The molecule has 0 atom stereocenters. The molecule has 1 aliphatic heterocycles. The lowest BCUT2D eigenvalue weighted by molar-refractivity contribution is 0.137. The van der Waals surface area contributed by atoms with Crippen molar-refractivity contribution in [2.24, 2.45) is 0 Å². The third-order valence-electron chi connectivity index (χ3n) is 2.53. The zero-order valence-electron chi connectivity index (χ0n) is 7.66. The van der Waals surface area contributed by atoms with Crippen LogP contribution in [0.25, 0.3) is 11.1 Å². The first-order valence-corrected chi connectivity index (χ1v) is 4.85. The maximum atomic E-state index is 8.87. The summed E-state index contributed by atoms with van der Waals surface area (Å²) in [5.41, 5.74) is 2.85. The van der Waals surface area contributed by atoms with Crippen LogP contribution in [0, 0.1) is 0 Å². The molecular formula is C11H15NO. The molecule has 0 bridgehead atoms. The number of hydrogen-bond acceptors (Lipinski definition) is 2. The van der Waals surface area contributed by atoms with Crippen LogP contribution in [-0.4, -0.2) is 24.3 Å². The molecule has 0 radical (unpaired) electrons. The lowest BCUT2D eigenvalue weighted by Gasteiger charge is -2.16. The van der Waals surface area contributed by atoms with Crippen LogP contribution in [0.3, 0.4) is 0 Å². The molecule has 0 aromatic carbocycles. The van der Waals surface area contributed by atoms with Crippen molar-refractivity contribution in [3.8, 4) is 11.1 Å². The van der Waals surface area contributed by atoms with E-state index in [0.29, 0.717) is 0 Å². The van der Waals surface area contributed by atoms with Gasteiger partial charge in [-0.25, -0.2) is 0 Å². The summed E-state index contributed by atoms with van der Waals surface area (Å²) in [5, 5.41) is 12.0. The highest BCUT2D eigenvalue weighted by molar-refractivity contribution is 5.75. The van der Waals surface area contributed by atoms with Crippen molar-refractivity contribution in [2.75, 3.05) is 13.1 Å². The highest BCUT2D eigenvalue weighted by atomic mass is 16.3. The van der Waals surface area contributed by atoms with Gasteiger partial charge in [-0.3, -0.25) is 0 Å². The molecule has 1 fully saturated rings. The summed E-state index contributed by atoms with van der Waals surface area (Å²) >= 11 is 0. The van der Waals surface area contributed by atoms with Crippen molar-refractivity contribution in [1.82, 2.24) is 5.32 Å². The Balaban J connectivity index is 0.000000101. The molecular weight excluding hydrogens is 162 g/mol. The minimum atomic E-state index is -0.0266. The molecule has 1 heterocycles. The summed E-state index contributed by atoms with van der Waals surface area (Å²) in [6, 6.07) is 8.48. The number of aliphatic hydroxyl groups is 1. The van der Waals surface area contributed by atoms with Crippen molar-refractivity contribution < 1.29 is 5.11 Å². The van der Waals surface area contributed by atoms with Gasteiger partial charge in [-0.1, -0.05) is 24.3 Å². The van der Waals surface area contributed by atoms with Gasteiger partial charge in [0.05, 0.1) is 6.10 Å². The van der Waals surface area contributed by atoms with E-state index in [0.717, 1.165) is 25.9 Å². The van der Waals surface area contributed by atoms with Crippen LogP contribution in [0.15, 0.2) is 24.3 Å². The SMILES string of the molecule is OC1CCNCC1.c1cc2ccc1-2. The second-order valence-corrected chi connectivity index (χ2v) is 3.56. The molecule has 70 valence electrons.